The number of halogens is 1. The van der Waals surface area contributed by atoms with E-state index in [0.29, 0.717) is 34.4 Å². The van der Waals surface area contributed by atoms with Gasteiger partial charge in [-0.1, -0.05) is 11.2 Å². The van der Waals surface area contributed by atoms with Crippen LogP contribution in [0.5, 0.6) is 0 Å². The molecule has 1 amide bonds. The Hall–Kier alpha value is -3.02. The second-order valence-corrected chi connectivity index (χ2v) is 5.76. The minimum atomic E-state index is -0.322. The summed E-state index contributed by atoms with van der Waals surface area (Å²) in [4.78, 5) is 16.4. The molecule has 0 unspecified atom stereocenters. The van der Waals surface area contributed by atoms with E-state index in [2.05, 4.69) is 15.5 Å². The zero-order chi connectivity index (χ0) is 16.5. The quantitative estimate of drug-likeness (QED) is 0.798. The van der Waals surface area contributed by atoms with Gasteiger partial charge < -0.3 is 9.84 Å². The second kappa shape index (κ2) is 5.88. The molecule has 0 radical (unpaired) electrons. The summed E-state index contributed by atoms with van der Waals surface area (Å²) in [5.74, 6) is 0.266. The van der Waals surface area contributed by atoms with Crippen LogP contribution >= 0.6 is 0 Å². The van der Waals surface area contributed by atoms with Crippen LogP contribution in [0.25, 0.3) is 22.8 Å². The summed E-state index contributed by atoms with van der Waals surface area (Å²) >= 11 is 0. The molecule has 1 aliphatic rings. The van der Waals surface area contributed by atoms with E-state index in [0.717, 1.165) is 12.8 Å². The highest BCUT2D eigenvalue weighted by molar-refractivity contribution is 5.95. The van der Waals surface area contributed by atoms with Gasteiger partial charge in [0.05, 0.1) is 0 Å². The van der Waals surface area contributed by atoms with E-state index >= 15 is 0 Å². The molecule has 120 valence electrons. The summed E-state index contributed by atoms with van der Waals surface area (Å²) in [6.45, 7) is 0. The zero-order valence-electron chi connectivity index (χ0n) is 12.7. The summed E-state index contributed by atoms with van der Waals surface area (Å²) in [7, 11) is 0. The fourth-order valence-corrected chi connectivity index (χ4v) is 2.35. The largest absolute Gasteiger partial charge is 0.349 e. The van der Waals surface area contributed by atoms with Crippen LogP contribution in [0.4, 0.5) is 4.39 Å². The Morgan fingerprint density at radius 1 is 1.12 bits per heavy atom. The molecule has 6 heteroatoms. The number of carbonyl (C=O) groups is 1. The first-order valence-electron chi connectivity index (χ1n) is 7.70. The summed E-state index contributed by atoms with van der Waals surface area (Å²) in [6, 6.07) is 13.2. The second-order valence-electron chi connectivity index (χ2n) is 5.76. The molecule has 0 saturated heterocycles. The number of rotatable bonds is 4. The van der Waals surface area contributed by atoms with Crippen molar-refractivity contribution in [1.29, 1.82) is 0 Å². The van der Waals surface area contributed by atoms with Gasteiger partial charge in [0.15, 0.2) is 0 Å². The van der Waals surface area contributed by atoms with E-state index in [-0.39, 0.29) is 11.7 Å². The Morgan fingerprint density at radius 3 is 2.67 bits per heavy atom. The van der Waals surface area contributed by atoms with Crippen LogP contribution in [-0.4, -0.2) is 22.1 Å². The summed E-state index contributed by atoms with van der Waals surface area (Å²) in [6.07, 6.45) is 2.08. The van der Waals surface area contributed by atoms with Gasteiger partial charge in [0.2, 0.25) is 5.82 Å². The predicted molar refractivity (Wildman–Crippen MR) is 85.6 cm³/mol. The monoisotopic (exact) mass is 323 g/mol. The number of aromatic nitrogens is 2. The van der Waals surface area contributed by atoms with Crippen LogP contribution in [0.1, 0.15) is 23.2 Å². The van der Waals surface area contributed by atoms with E-state index in [1.54, 1.807) is 36.4 Å². The van der Waals surface area contributed by atoms with Crippen LogP contribution in [0.15, 0.2) is 53.1 Å². The number of benzene rings is 2. The lowest BCUT2D eigenvalue weighted by Crippen LogP contribution is -2.25. The molecule has 24 heavy (non-hydrogen) atoms. The molecule has 1 aromatic heterocycles. The van der Waals surface area contributed by atoms with Crippen molar-refractivity contribution in [2.45, 2.75) is 18.9 Å². The van der Waals surface area contributed by atoms with Gasteiger partial charge in [-0.25, -0.2) is 4.39 Å². The van der Waals surface area contributed by atoms with Gasteiger partial charge in [0.25, 0.3) is 11.8 Å². The number of hydrogen-bond donors (Lipinski definition) is 1. The standard InChI is InChI=1S/C18H14FN3O2/c19-14-6-4-11(5-7-14)16-21-18(24-22-16)13-3-1-2-12(10-13)17(23)20-15-8-9-15/h1-7,10,15H,8-9H2,(H,20,23). The topological polar surface area (TPSA) is 68.0 Å². The molecule has 0 aliphatic heterocycles. The Kier molecular flexibility index (Phi) is 3.57. The van der Waals surface area contributed by atoms with Gasteiger partial charge in [0.1, 0.15) is 5.82 Å². The van der Waals surface area contributed by atoms with Crippen LogP contribution in [0.2, 0.25) is 0 Å². The predicted octanol–water partition coefficient (Wildman–Crippen LogP) is 3.43. The summed E-state index contributed by atoms with van der Waals surface area (Å²) in [5, 5.41) is 6.86. The molecule has 0 atom stereocenters. The van der Waals surface area contributed by atoms with Crippen molar-refractivity contribution in [2.75, 3.05) is 0 Å². The number of nitrogens with one attached hydrogen (secondary N) is 1. The summed E-state index contributed by atoms with van der Waals surface area (Å²) in [5.41, 5.74) is 1.88. The Bertz CT molecular complexity index is 885. The maximum Gasteiger partial charge on any atom is 0.258 e. The maximum atomic E-state index is 13.0. The van der Waals surface area contributed by atoms with E-state index in [1.165, 1.54) is 12.1 Å². The van der Waals surface area contributed by atoms with Gasteiger partial charge in [-0.2, -0.15) is 4.98 Å². The van der Waals surface area contributed by atoms with Gasteiger partial charge in [-0.3, -0.25) is 4.79 Å². The van der Waals surface area contributed by atoms with Crippen LogP contribution < -0.4 is 5.32 Å². The average Bonchev–Trinajstić information content (AvgIpc) is 3.28. The number of carbonyl (C=O) groups excluding carboxylic acids is 1. The van der Waals surface area contributed by atoms with Crippen molar-refractivity contribution in [2.24, 2.45) is 0 Å². The van der Waals surface area contributed by atoms with Gasteiger partial charge in [-0.15, -0.1) is 0 Å². The molecule has 4 rings (SSSR count). The highest BCUT2D eigenvalue weighted by atomic mass is 19.1. The van der Waals surface area contributed by atoms with Crippen molar-refractivity contribution in [1.82, 2.24) is 15.5 Å². The maximum absolute atomic E-state index is 13.0. The van der Waals surface area contributed by atoms with E-state index in [1.807, 2.05) is 0 Å². The smallest absolute Gasteiger partial charge is 0.258 e. The van der Waals surface area contributed by atoms with Crippen molar-refractivity contribution < 1.29 is 13.7 Å². The van der Waals surface area contributed by atoms with Crippen molar-refractivity contribution in [3.8, 4) is 22.8 Å². The van der Waals surface area contributed by atoms with Gasteiger partial charge >= 0.3 is 0 Å². The highest BCUT2D eigenvalue weighted by Gasteiger charge is 2.24. The lowest BCUT2D eigenvalue weighted by molar-refractivity contribution is 0.0951. The third-order valence-corrected chi connectivity index (χ3v) is 3.81. The molecular weight excluding hydrogens is 309 g/mol. The molecule has 1 fully saturated rings. The molecule has 0 spiro atoms. The van der Waals surface area contributed by atoms with Crippen LogP contribution in [-0.2, 0) is 0 Å². The van der Waals surface area contributed by atoms with Crippen molar-refractivity contribution in [3.63, 3.8) is 0 Å². The molecule has 2 aromatic carbocycles. The lowest BCUT2D eigenvalue weighted by Gasteiger charge is -2.03. The van der Waals surface area contributed by atoms with Crippen molar-refractivity contribution in [3.05, 3.63) is 59.9 Å². The number of amides is 1. The normalized spacial score (nSPS) is 13.7. The first-order chi connectivity index (χ1) is 11.7. The molecule has 1 heterocycles. The third-order valence-electron chi connectivity index (χ3n) is 3.81. The number of nitrogens with zero attached hydrogens (tertiary/aromatic N) is 2. The fourth-order valence-electron chi connectivity index (χ4n) is 2.35. The van der Waals surface area contributed by atoms with Crippen LogP contribution in [0, 0.1) is 5.82 Å². The minimum Gasteiger partial charge on any atom is -0.349 e. The Labute approximate surface area is 137 Å². The minimum absolute atomic E-state index is 0.0994. The molecular formula is C18H14FN3O2. The van der Waals surface area contributed by atoms with E-state index in [9.17, 15) is 9.18 Å². The van der Waals surface area contributed by atoms with E-state index < -0.39 is 0 Å². The molecule has 0 bridgehead atoms. The van der Waals surface area contributed by atoms with Gasteiger partial charge in [0, 0.05) is 22.7 Å². The molecule has 1 aliphatic carbocycles. The molecule has 3 aromatic rings. The molecule has 1 N–H and O–H groups in total. The fraction of sp³-hybridized carbons (Fsp3) is 0.167. The summed E-state index contributed by atoms with van der Waals surface area (Å²) < 4.78 is 18.3. The zero-order valence-corrected chi connectivity index (χ0v) is 12.7. The first kappa shape index (κ1) is 14.6. The third kappa shape index (κ3) is 3.03. The highest BCUT2D eigenvalue weighted by Crippen LogP contribution is 2.24. The number of hydrogen-bond acceptors (Lipinski definition) is 4. The first-order valence-corrected chi connectivity index (χ1v) is 7.70. The molecule has 1 saturated carbocycles. The molecule has 5 nitrogen and oxygen atoms in total. The van der Waals surface area contributed by atoms with Gasteiger partial charge in [-0.05, 0) is 55.3 Å². The van der Waals surface area contributed by atoms with Crippen molar-refractivity contribution >= 4 is 5.91 Å². The van der Waals surface area contributed by atoms with E-state index in [4.69, 9.17) is 4.52 Å². The Morgan fingerprint density at radius 2 is 1.92 bits per heavy atom. The lowest BCUT2D eigenvalue weighted by atomic mass is 10.1. The average molecular weight is 323 g/mol. The SMILES string of the molecule is O=C(NC1CC1)c1cccc(-c2nc(-c3ccc(F)cc3)no2)c1. The Balaban J connectivity index is 1.59. The van der Waals surface area contributed by atoms with Crippen LogP contribution in [0.3, 0.4) is 0 Å².